The fourth-order valence-electron chi connectivity index (χ4n) is 3.17. The monoisotopic (exact) mass is 384 g/mol. The molecule has 0 saturated heterocycles. The van der Waals surface area contributed by atoms with Crippen molar-refractivity contribution in [3.8, 4) is 11.3 Å². The number of carbonyl (C=O) groups excluding carboxylic acids is 1. The molecule has 3 N–H and O–H groups in total. The number of hydrogen-bond acceptors (Lipinski definition) is 2. The Hall–Kier alpha value is -3.55. The Kier molecular flexibility index (Phi) is 4.60. The smallest absolute Gasteiger partial charge is 0.271 e. The first-order valence-electron chi connectivity index (χ1n) is 8.55. The van der Waals surface area contributed by atoms with Crippen LogP contribution >= 0.6 is 0 Å². The van der Waals surface area contributed by atoms with Crippen molar-refractivity contribution in [1.82, 2.24) is 20.3 Å². The summed E-state index contributed by atoms with van der Waals surface area (Å²) in [5, 5.41) is 3.10. The predicted octanol–water partition coefficient (Wildman–Crippen LogP) is 3.95. The van der Waals surface area contributed by atoms with E-state index in [-0.39, 0.29) is 23.7 Å². The van der Waals surface area contributed by atoms with Gasteiger partial charge in [0.25, 0.3) is 5.91 Å². The molecule has 0 fully saturated rings. The fraction of sp³-hybridized carbons (Fsp3) is 0.100. The van der Waals surface area contributed by atoms with Crippen LogP contribution in [0.1, 0.15) is 16.1 Å². The van der Waals surface area contributed by atoms with Crippen LogP contribution in [0.4, 0.5) is 13.2 Å². The maximum absolute atomic E-state index is 14.2. The third kappa shape index (κ3) is 3.36. The Morgan fingerprint density at radius 3 is 2.57 bits per heavy atom. The van der Waals surface area contributed by atoms with Gasteiger partial charge in [0.1, 0.15) is 23.1 Å². The van der Waals surface area contributed by atoms with Gasteiger partial charge in [-0.25, -0.2) is 18.2 Å². The van der Waals surface area contributed by atoms with Crippen molar-refractivity contribution in [2.45, 2.75) is 6.42 Å². The number of imidazole rings is 1. The highest BCUT2D eigenvalue weighted by Gasteiger charge is 2.17. The maximum Gasteiger partial charge on any atom is 0.271 e. The van der Waals surface area contributed by atoms with Crippen molar-refractivity contribution in [2.75, 3.05) is 6.54 Å². The SMILES string of the molecule is O=C(NCCc1c(-c2ccc(F)cc2)[nH]c2c(F)cc(F)cc12)c1c[nH]cn1. The fourth-order valence-corrected chi connectivity index (χ4v) is 3.17. The molecule has 0 aliphatic rings. The predicted molar refractivity (Wildman–Crippen MR) is 98.2 cm³/mol. The highest BCUT2D eigenvalue weighted by molar-refractivity contribution is 5.93. The number of rotatable bonds is 5. The van der Waals surface area contributed by atoms with Crippen LogP contribution in [-0.2, 0) is 6.42 Å². The summed E-state index contributed by atoms with van der Waals surface area (Å²) in [5.41, 5.74) is 2.21. The molecule has 4 rings (SSSR count). The Bertz CT molecular complexity index is 1130. The van der Waals surface area contributed by atoms with E-state index in [0.717, 1.165) is 6.07 Å². The van der Waals surface area contributed by atoms with Gasteiger partial charge in [-0.05, 0) is 47.9 Å². The van der Waals surface area contributed by atoms with E-state index in [1.807, 2.05) is 0 Å². The quantitative estimate of drug-likeness (QED) is 0.488. The summed E-state index contributed by atoms with van der Waals surface area (Å²) in [5.74, 6) is -2.17. The summed E-state index contributed by atoms with van der Waals surface area (Å²) in [6, 6.07) is 7.74. The second-order valence-corrected chi connectivity index (χ2v) is 6.26. The summed E-state index contributed by atoms with van der Waals surface area (Å²) < 4.78 is 41.3. The molecule has 0 bridgehead atoms. The van der Waals surface area contributed by atoms with Gasteiger partial charge >= 0.3 is 0 Å². The third-order valence-corrected chi connectivity index (χ3v) is 4.46. The standard InChI is InChI=1S/C20H15F3N4O/c21-12-3-1-11(2-4-12)18-14(5-6-25-20(28)17-9-24-10-26-17)15-7-13(22)8-16(23)19(15)27-18/h1-4,7-10,27H,5-6H2,(H,24,26)(H,25,28). The molecule has 28 heavy (non-hydrogen) atoms. The highest BCUT2D eigenvalue weighted by Crippen LogP contribution is 2.32. The molecule has 0 atom stereocenters. The second kappa shape index (κ2) is 7.22. The lowest BCUT2D eigenvalue weighted by molar-refractivity contribution is 0.0949. The minimum absolute atomic E-state index is 0.161. The van der Waals surface area contributed by atoms with Gasteiger partial charge in [-0.1, -0.05) is 0 Å². The number of benzene rings is 2. The number of aromatic amines is 2. The molecular formula is C20H15F3N4O. The Morgan fingerprint density at radius 1 is 1.07 bits per heavy atom. The first-order chi connectivity index (χ1) is 13.5. The number of amides is 1. The number of nitrogens with zero attached hydrogens (tertiary/aromatic N) is 1. The number of hydrogen-bond donors (Lipinski definition) is 3. The minimum atomic E-state index is -0.717. The topological polar surface area (TPSA) is 73.6 Å². The first-order valence-corrected chi connectivity index (χ1v) is 8.55. The molecule has 2 heterocycles. The number of carbonyl (C=O) groups is 1. The molecule has 4 aromatic rings. The van der Waals surface area contributed by atoms with Crippen molar-refractivity contribution in [3.05, 3.63) is 77.6 Å². The van der Waals surface area contributed by atoms with E-state index in [1.54, 1.807) is 12.1 Å². The number of halogens is 3. The molecule has 142 valence electrons. The minimum Gasteiger partial charge on any atom is -0.352 e. The zero-order valence-corrected chi connectivity index (χ0v) is 14.5. The van der Waals surface area contributed by atoms with Crippen molar-refractivity contribution in [3.63, 3.8) is 0 Å². The average molecular weight is 384 g/mol. The van der Waals surface area contributed by atoms with Crippen LogP contribution in [0.5, 0.6) is 0 Å². The van der Waals surface area contributed by atoms with Crippen molar-refractivity contribution >= 4 is 16.8 Å². The van der Waals surface area contributed by atoms with Crippen LogP contribution in [0.15, 0.2) is 48.9 Å². The van der Waals surface area contributed by atoms with Crippen LogP contribution in [0.3, 0.4) is 0 Å². The van der Waals surface area contributed by atoms with Crippen molar-refractivity contribution < 1.29 is 18.0 Å². The van der Waals surface area contributed by atoms with E-state index in [0.29, 0.717) is 28.6 Å². The molecule has 5 nitrogen and oxygen atoms in total. The molecule has 8 heteroatoms. The van der Waals surface area contributed by atoms with Gasteiger partial charge in [-0.3, -0.25) is 4.79 Å². The highest BCUT2D eigenvalue weighted by atomic mass is 19.1. The summed E-state index contributed by atoms with van der Waals surface area (Å²) in [7, 11) is 0. The Labute approximate surface area is 157 Å². The maximum atomic E-state index is 14.2. The van der Waals surface area contributed by atoms with Crippen LogP contribution in [-0.4, -0.2) is 27.4 Å². The molecule has 0 saturated carbocycles. The van der Waals surface area contributed by atoms with Gasteiger partial charge in [0.05, 0.1) is 11.8 Å². The lowest BCUT2D eigenvalue weighted by Gasteiger charge is -2.07. The molecule has 1 amide bonds. The zero-order chi connectivity index (χ0) is 19.7. The number of fused-ring (bicyclic) bond motifs is 1. The van der Waals surface area contributed by atoms with Gasteiger partial charge < -0.3 is 15.3 Å². The molecular weight excluding hydrogens is 369 g/mol. The zero-order valence-electron chi connectivity index (χ0n) is 14.5. The third-order valence-electron chi connectivity index (χ3n) is 4.46. The van der Waals surface area contributed by atoms with E-state index >= 15 is 0 Å². The van der Waals surface area contributed by atoms with E-state index in [9.17, 15) is 18.0 Å². The Morgan fingerprint density at radius 2 is 1.86 bits per heavy atom. The number of nitrogens with one attached hydrogen (secondary N) is 3. The van der Waals surface area contributed by atoms with E-state index in [4.69, 9.17) is 0 Å². The van der Waals surface area contributed by atoms with E-state index in [1.165, 1.54) is 30.7 Å². The van der Waals surface area contributed by atoms with Crippen LogP contribution < -0.4 is 5.32 Å². The lowest BCUT2D eigenvalue weighted by Crippen LogP contribution is -2.26. The second-order valence-electron chi connectivity index (χ2n) is 6.26. The summed E-state index contributed by atoms with van der Waals surface area (Å²) in [6.45, 7) is 0.227. The van der Waals surface area contributed by atoms with Crippen molar-refractivity contribution in [1.29, 1.82) is 0 Å². The number of aromatic nitrogens is 3. The van der Waals surface area contributed by atoms with Crippen LogP contribution in [0, 0.1) is 17.5 Å². The molecule has 0 radical (unpaired) electrons. The first kappa shape index (κ1) is 17.8. The van der Waals surface area contributed by atoms with E-state index in [2.05, 4.69) is 20.3 Å². The number of H-pyrrole nitrogens is 2. The lowest BCUT2D eigenvalue weighted by atomic mass is 10.0. The molecule has 0 aliphatic heterocycles. The van der Waals surface area contributed by atoms with Gasteiger partial charge in [-0.2, -0.15) is 0 Å². The largest absolute Gasteiger partial charge is 0.352 e. The molecule has 2 aromatic heterocycles. The molecule has 0 unspecified atom stereocenters. The average Bonchev–Trinajstić information content (AvgIpc) is 3.31. The summed E-state index contributed by atoms with van der Waals surface area (Å²) in [6.07, 6.45) is 3.17. The molecule has 2 aromatic carbocycles. The molecule has 0 aliphatic carbocycles. The van der Waals surface area contributed by atoms with Gasteiger partial charge in [0.15, 0.2) is 0 Å². The van der Waals surface area contributed by atoms with Crippen LogP contribution in [0.2, 0.25) is 0 Å². The summed E-state index contributed by atoms with van der Waals surface area (Å²) >= 11 is 0. The Balaban J connectivity index is 1.69. The summed E-state index contributed by atoms with van der Waals surface area (Å²) in [4.78, 5) is 21.6. The van der Waals surface area contributed by atoms with Gasteiger partial charge in [-0.15, -0.1) is 0 Å². The normalized spacial score (nSPS) is 11.1. The van der Waals surface area contributed by atoms with Crippen LogP contribution in [0.25, 0.3) is 22.2 Å². The van der Waals surface area contributed by atoms with Gasteiger partial charge in [0.2, 0.25) is 0 Å². The molecule has 0 spiro atoms. The van der Waals surface area contributed by atoms with E-state index < -0.39 is 17.5 Å². The van der Waals surface area contributed by atoms with Gasteiger partial charge in [0, 0.05) is 29.9 Å². The van der Waals surface area contributed by atoms with Crippen molar-refractivity contribution in [2.24, 2.45) is 0 Å².